The molecule has 2 rings (SSSR count). The van der Waals surface area contributed by atoms with Gasteiger partial charge in [0.05, 0.1) is 12.3 Å². The molecule has 1 aromatic carbocycles. The predicted octanol–water partition coefficient (Wildman–Crippen LogP) is 3.97. The van der Waals surface area contributed by atoms with Gasteiger partial charge in [0, 0.05) is 11.4 Å². The topological polar surface area (TPSA) is 41.5 Å². The van der Waals surface area contributed by atoms with Crippen molar-refractivity contribution < 1.29 is 4.79 Å². The molecule has 0 saturated heterocycles. The van der Waals surface area contributed by atoms with E-state index in [-0.39, 0.29) is 5.91 Å². The van der Waals surface area contributed by atoms with E-state index in [4.69, 9.17) is 0 Å². The Hall–Kier alpha value is -0.940. The highest BCUT2D eigenvalue weighted by Crippen LogP contribution is 2.23. The van der Waals surface area contributed by atoms with Gasteiger partial charge < -0.3 is 5.32 Å². The van der Waals surface area contributed by atoms with Crippen molar-refractivity contribution in [3.05, 3.63) is 29.8 Å². The first-order valence-corrected chi connectivity index (χ1v) is 8.86. The van der Waals surface area contributed by atoms with Crippen LogP contribution in [0, 0.1) is 0 Å². The maximum Gasteiger partial charge on any atom is 0.234 e. The summed E-state index contributed by atoms with van der Waals surface area (Å²) in [6, 6.07) is 8.14. The predicted molar refractivity (Wildman–Crippen MR) is 91.0 cm³/mol. The Labute approximate surface area is 129 Å². The summed E-state index contributed by atoms with van der Waals surface area (Å²) in [7, 11) is 0. The molecule has 1 atom stereocenters. The fraction of sp³-hybridized carbons (Fsp3) is 0.467. The number of thioether (sulfide) groups is 2. The maximum atomic E-state index is 11.8. The minimum Gasteiger partial charge on any atom is -0.325 e. The van der Waals surface area contributed by atoms with Gasteiger partial charge in [-0.25, -0.2) is 0 Å². The third-order valence-electron chi connectivity index (χ3n) is 3.26. The molecule has 1 aliphatic rings. The number of benzene rings is 1. The second-order valence-corrected chi connectivity index (χ2v) is 7.07. The molecule has 0 bridgehead atoms. The highest BCUT2D eigenvalue weighted by Gasteiger charge is 2.10. The van der Waals surface area contributed by atoms with E-state index < -0.39 is 0 Å². The standard InChI is InChI=1S/C15H20N2OS2/c1-3-11(2)12-4-6-13(7-5-12)17-14(18)10-20-15-16-8-9-19-15/h4-7,11H,3,8-10H2,1-2H3,(H,17,18)/t11-/m0/s1. The Kier molecular flexibility index (Phi) is 5.98. The molecule has 20 heavy (non-hydrogen) atoms. The van der Waals surface area contributed by atoms with E-state index in [0.717, 1.165) is 28.8 Å². The Bertz CT molecular complexity index is 485. The SMILES string of the molecule is CC[C@H](C)c1ccc(NC(=O)CSC2=NCCS2)cc1. The molecule has 1 aliphatic heterocycles. The van der Waals surface area contributed by atoms with Gasteiger partial charge in [-0.1, -0.05) is 49.5 Å². The maximum absolute atomic E-state index is 11.8. The summed E-state index contributed by atoms with van der Waals surface area (Å²) in [6.45, 7) is 5.28. The number of aliphatic imine (C=N–C) groups is 1. The van der Waals surface area contributed by atoms with Gasteiger partial charge >= 0.3 is 0 Å². The molecule has 1 amide bonds. The molecule has 0 spiro atoms. The minimum absolute atomic E-state index is 0.0292. The van der Waals surface area contributed by atoms with Gasteiger partial charge in [-0.2, -0.15) is 0 Å². The van der Waals surface area contributed by atoms with Crippen molar-refractivity contribution in [2.24, 2.45) is 4.99 Å². The Morgan fingerprint density at radius 1 is 1.45 bits per heavy atom. The van der Waals surface area contributed by atoms with Crippen molar-refractivity contribution in [2.75, 3.05) is 23.4 Å². The van der Waals surface area contributed by atoms with Crippen molar-refractivity contribution in [1.82, 2.24) is 0 Å². The lowest BCUT2D eigenvalue weighted by molar-refractivity contribution is -0.113. The zero-order chi connectivity index (χ0) is 14.4. The first-order valence-electron chi connectivity index (χ1n) is 6.89. The van der Waals surface area contributed by atoms with E-state index in [1.54, 1.807) is 11.8 Å². The number of rotatable bonds is 5. The zero-order valence-electron chi connectivity index (χ0n) is 11.9. The van der Waals surface area contributed by atoms with Gasteiger partial charge in [-0.05, 0) is 30.0 Å². The van der Waals surface area contributed by atoms with Gasteiger partial charge in [-0.3, -0.25) is 9.79 Å². The molecular weight excluding hydrogens is 288 g/mol. The van der Waals surface area contributed by atoms with E-state index in [2.05, 4.69) is 36.3 Å². The summed E-state index contributed by atoms with van der Waals surface area (Å²) >= 11 is 3.26. The number of hydrogen-bond acceptors (Lipinski definition) is 4. The van der Waals surface area contributed by atoms with Crippen molar-refractivity contribution >= 4 is 39.5 Å². The first kappa shape index (κ1) is 15.4. The summed E-state index contributed by atoms with van der Waals surface area (Å²) in [5, 5.41) is 2.93. The molecule has 1 N–H and O–H groups in total. The number of hydrogen-bond donors (Lipinski definition) is 1. The van der Waals surface area contributed by atoms with Gasteiger partial charge in [0.2, 0.25) is 5.91 Å². The van der Waals surface area contributed by atoms with E-state index in [9.17, 15) is 4.79 Å². The van der Waals surface area contributed by atoms with Crippen LogP contribution >= 0.6 is 23.5 Å². The Morgan fingerprint density at radius 2 is 2.20 bits per heavy atom. The van der Waals surface area contributed by atoms with Crippen molar-refractivity contribution in [3.63, 3.8) is 0 Å². The molecule has 1 heterocycles. The largest absolute Gasteiger partial charge is 0.325 e. The number of amides is 1. The molecule has 1 aromatic rings. The number of carbonyl (C=O) groups is 1. The van der Waals surface area contributed by atoms with E-state index in [0.29, 0.717) is 11.7 Å². The zero-order valence-corrected chi connectivity index (χ0v) is 13.5. The second kappa shape index (κ2) is 7.74. The lowest BCUT2D eigenvalue weighted by atomic mass is 9.99. The van der Waals surface area contributed by atoms with Crippen LogP contribution in [0.1, 0.15) is 31.7 Å². The number of nitrogens with zero attached hydrogens (tertiary/aromatic N) is 1. The van der Waals surface area contributed by atoms with Crippen LogP contribution in [0.15, 0.2) is 29.3 Å². The molecule has 0 fully saturated rings. The van der Waals surface area contributed by atoms with Crippen LogP contribution in [-0.2, 0) is 4.79 Å². The molecule has 3 nitrogen and oxygen atoms in total. The minimum atomic E-state index is 0.0292. The lowest BCUT2D eigenvalue weighted by Gasteiger charge is -2.10. The van der Waals surface area contributed by atoms with Crippen LogP contribution in [0.25, 0.3) is 0 Å². The molecule has 0 radical (unpaired) electrons. The van der Waals surface area contributed by atoms with E-state index >= 15 is 0 Å². The number of nitrogens with one attached hydrogen (secondary N) is 1. The van der Waals surface area contributed by atoms with Crippen LogP contribution in [0.2, 0.25) is 0 Å². The first-order chi connectivity index (χ1) is 9.69. The van der Waals surface area contributed by atoms with Crippen LogP contribution in [0.4, 0.5) is 5.69 Å². The average Bonchev–Trinajstić information content (AvgIpc) is 2.98. The molecule has 0 unspecified atom stereocenters. The summed E-state index contributed by atoms with van der Waals surface area (Å²) in [6.07, 6.45) is 1.13. The van der Waals surface area contributed by atoms with E-state index in [1.807, 2.05) is 12.1 Å². The van der Waals surface area contributed by atoms with Gasteiger partial charge in [0.25, 0.3) is 0 Å². The normalized spacial score (nSPS) is 15.8. The van der Waals surface area contributed by atoms with Crippen LogP contribution in [0.3, 0.4) is 0 Å². The van der Waals surface area contributed by atoms with Crippen molar-refractivity contribution in [2.45, 2.75) is 26.2 Å². The molecule has 108 valence electrons. The number of anilines is 1. The highest BCUT2D eigenvalue weighted by molar-refractivity contribution is 8.39. The van der Waals surface area contributed by atoms with Crippen LogP contribution in [0.5, 0.6) is 0 Å². The molecular formula is C15H20N2OS2. The fourth-order valence-corrected chi connectivity index (χ4v) is 3.67. The Balaban J connectivity index is 1.81. The van der Waals surface area contributed by atoms with Gasteiger partial charge in [-0.15, -0.1) is 0 Å². The van der Waals surface area contributed by atoms with Crippen molar-refractivity contribution in [3.8, 4) is 0 Å². The van der Waals surface area contributed by atoms with Gasteiger partial charge in [0.15, 0.2) is 0 Å². The summed E-state index contributed by atoms with van der Waals surface area (Å²) < 4.78 is 1.03. The Morgan fingerprint density at radius 3 is 2.80 bits per heavy atom. The summed E-state index contributed by atoms with van der Waals surface area (Å²) in [5.74, 6) is 2.06. The second-order valence-electron chi connectivity index (χ2n) is 4.76. The summed E-state index contributed by atoms with van der Waals surface area (Å²) in [4.78, 5) is 16.2. The smallest absolute Gasteiger partial charge is 0.234 e. The third kappa shape index (κ3) is 4.56. The van der Waals surface area contributed by atoms with Crippen LogP contribution < -0.4 is 5.32 Å². The monoisotopic (exact) mass is 308 g/mol. The molecule has 0 aliphatic carbocycles. The quantitative estimate of drug-likeness (QED) is 0.894. The fourth-order valence-electron chi connectivity index (χ4n) is 1.86. The highest BCUT2D eigenvalue weighted by atomic mass is 32.2. The molecule has 0 saturated carbocycles. The van der Waals surface area contributed by atoms with Crippen LogP contribution in [-0.4, -0.2) is 28.3 Å². The number of carbonyl (C=O) groups excluding carboxylic acids is 1. The lowest BCUT2D eigenvalue weighted by Crippen LogP contribution is -2.14. The third-order valence-corrected chi connectivity index (χ3v) is 5.51. The molecule has 0 aromatic heterocycles. The average molecular weight is 308 g/mol. The van der Waals surface area contributed by atoms with Crippen molar-refractivity contribution in [1.29, 1.82) is 0 Å². The van der Waals surface area contributed by atoms with E-state index in [1.165, 1.54) is 17.3 Å². The van der Waals surface area contributed by atoms with Gasteiger partial charge in [0.1, 0.15) is 4.38 Å². The summed E-state index contributed by atoms with van der Waals surface area (Å²) in [5.41, 5.74) is 2.18. The molecule has 5 heteroatoms.